The molecule has 0 bridgehead atoms. The van der Waals surface area contributed by atoms with Gasteiger partial charge in [-0.2, -0.15) is 0 Å². The molecule has 0 saturated carbocycles. The van der Waals surface area contributed by atoms with Crippen LogP contribution in [0.4, 0.5) is 20.6 Å². The molecule has 1 unspecified atom stereocenters. The average molecular weight is 584 g/mol. The van der Waals surface area contributed by atoms with Crippen LogP contribution in [0.2, 0.25) is 10.0 Å². The number of nitrogens with zero attached hydrogens (tertiary/aromatic N) is 1. The molecule has 10 heteroatoms. The molecular weight excluding hydrogens is 556 g/mol. The minimum Gasteiger partial charge on any atom is -0.478 e. The number of fused-ring (bicyclic) bond motifs is 2. The molecule has 40 heavy (non-hydrogen) atoms. The fourth-order valence-corrected chi connectivity index (χ4v) is 6.52. The summed E-state index contributed by atoms with van der Waals surface area (Å²) in [5.74, 6) is -2.53. The van der Waals surface area contributed by atoms with Crippen molar-refractivity contribution in [3.8, 4) is 0 Å². The number of anilines is 2. The van der Waals surface area contributed by atoms with Crippen LogP contribution >= 0.6 is 23.2 Å². The van der Waals surface area contributed by atoms with E-state index in [4.69, 9.17) is 23.2 Å². The number of carboxylic acids is 1. The zero-order valence-corrected chi connectivity index (χ0v) is 23.6. The first-order chi connectivity index (χ1) is 18.8. The number of carbonyl (C=O) groups is 3. The summed E-state index contributed by atoms with van der Waals surface area (Å²) in [6.07, 6.45) is 0.554. The van der Waals surface area contributed by atoms with Crippen LogP contribution in [-0.4, -0.2) is 34.5 Å². The summed E-state index contributed by atoms with van der Waals surface area (Å²) in [7, 11) is 0. The first-order valence-electron chi connectivity index (χ1n) is 12.8. The van der Waals surface area contributed by atoms with Gasteiger partial charge in [0.15, 0.2) is 0 Å². The Morgan fingerprint density at radius 3 is 2.48 bits per heavy atom. The highest BCUT2D eigenvalue weighted by molar-refractivity contribution is 6.31. The maximum atomic E-state index is 15.8. The third-order valence-electron chi connectivity index (χ3n) is 7.63. The molecule has 5 rings (SSSR count). The Hall–Kier alpha value is -3.62. The summed E-state index contributed by atoms with van der Waals surface area (Å²) in [6, 6.07) is 13.8. The van der Waals surface area contributed by atoms with E-state index in [1.807, 2.05) is 0 Å². The Bertz CT molecular complexity index is 1520. The third kappa shape index (κ3) is 4.69. The Morgan fingerprint density at radius 2 is 1.82 bits per heavy atom. The quantitative estimate of drug-likeness (QED) is 0.298. The number of aromatic carboxylic acids is 1. The molecular formula is C30H28Cl2FN3O4. The zero-order valence-electron chi connectivity index (χ0n) is 22.1. The number of carbonyl (C=O) groups excluding carboxylic acids is 2. The van der Waals surface area contributed by atoms with Gasteiger partial charge >= 0.3 is 12.0 Å². The Balaban J connectivity index is 1.69. The standard InChI is InChI=1S/C30H28Cl2FN3O4/c1-29(2,3)14-17-15-36(28(40)34-19-10-7-16(8-11-19)26(37)38)25(20-5-4-6-22(32)24(20)33)30(17)21-12-9-18(31)13-23(21)35-27(30)39/h4-13,17,25H,14-15H2,1-3H3,(H,34,40)(H,35,39)(H,37,38)/t17-,25-,30?/m0/s1. The SMILES string of the molecule is CC(C)(C)C[C@H]1CN(C(=O)Nc2ccc(C(=O)O)cc2)[C@@H](c2cccc(Cl)c2F)C12C(=O)Nc1cc(Cl)ccc12. The van der Waals surface area contributed by atoms with Crippen molar-refractivity contribution >= 4 is 52.5 Å². The summed E-state index contributed by atoms with van der Waals surface area (Å²) in [5.41, 5.74) is 0.152. The van der Waals surface area contributed by atoms with Crippen molar-refractivity contribution in [3.05, 3.63) is 93.2 Å². The lowest BCUT2D eigenvalue weighted by Gasteiger charge is -2.38. The summed E-state index contributed by atoms with van der Waals surface area (Å²) in [4.78, 5) is 40.8. The van der Waals surface area contributed by atoms with E-state index in [1.165, 1.54) is 35.2 Å². The van der Waals surface area contributed by atoms with Crippen molar-refractivity contribution in [3.63, 3.8) is 0 Å². The number of hydrogen-bond donors (Lipinski definition) is 3. The first kappa shape index (κ1) is 27.9. The van der Waals surface area contributed by atoms with E-state index in [1.54, 1.807) is 30.3 Å². The smallest absolute Gasteiger partial charge is 0.335 e. The number of amides is 3. The number of halogens is 3. The molecule has 3 atom stereocenters. The zero-order chi connectivity index (χ0) is 29.0. The summed E-state index contributed by atoms with van der Waals surface area (Å²) < 4.78 is 15.8. The van der Waals surface area contributed by atoms with Crippen LogP contribution in [0.25, 0.3) is 0 Å². The highest BCUT2D eigenvalue weighted by atomic mass is 35.5. The minimum absolute atomic E-state index is 0.0696. The Morgan fingerprint density at radius 1 is 1.12 bits per heavy atom. The van der Waals surface area contributed by atoms with Gasteiger partial charge in [0.05, 0.1) is 16.6 Å². The molecule has 0 aliphatic carbocycles. The van der Waals surface area contributed by atoms with Gasteiger partial charge in [-0.1, -0.05) is 62.2 Å². The van der Waals surface area contributed by atoms with Gasteiger partial charge in [0.1, 0.15) is 11.2 Å². The van der Waals surface area contributed by atoms with Gasteiger partial charge in [0.2, 0.25) is 5.91 Å². The second-order valence-corrected chi connectivity index (χ2v) is 12.3. The highest BCUT2D eigenvalue weighted by Gasteiger charge is 2.65. The van der Waals surface area contributed by atoms with Gasteiger partial charge in [-0.3, -0.25) is 4.79 Å². The van der Waals surface area contributed by atoms with Gasteiger partial charge in [-0.25, -0.2) is 14.0 Å². The monoisotopic (exact) mass is 583 g/mol. The molecule has 2 heterocycles. The molecule has 1 fully saturated rings. The number of rotatable bonds is 4. The summed E-state index contributed by atoms with van der Waals surface area (Å²) >= 11 is 12.5. The lowest BCUT2D eigenvalue weighted by atomic mass is 9.63. The highest BCUT2D eigenvalue weighted by Crippen LogP contribution is 2.60. The second-order valence-electron chi connectivity index (χ2n) is 11.5. The normalized spacial score (nSPS) is 21.9. The van der Waals surface area contributed by atoms with Gasteiger partial charge < -0.3 is 20.6 Å². The van der Waals surface area contributed by atoms with E-state index in [0.29, 0.717) is 28.4 Å². The maximum Gasteiger partial charge on any atom is 0.335 e. The van der Waals surface area contributed by atoms with Crippen molar-refractivity contribution in [2.24, 2.45) is 11.3 Å². The fraction of sp³-hybridized carbons (Fsp3) is 0.300. The molecule has 208 valence electrons. The number of carboxylic acid groups (broad SMARTS) is 1. The van der Waals surface area contributed by atoms with Crippen LogP contribution in [-0.2, 0) is 10.2 Å². The van der Waals surface area contributed by atoms with Crippen molar-refractivity contribution < 1.29 is 23.9 Å². The average Bonchev–Trinajstić information content (AvgIpc) is 3.35. The van der Waals surface area contributed by atoms with E-state index in [-0.39, 0.29) is 34.0 Å². The van der Waals surface area contributed by atoms with Crippen LogP contribution < -0.4 is 10.6 Å². The number of urea groups is 1. The molecule has 1 saturated heterocycles. The van der Waals surface area contributed by atoms with Crippen molar-refractivity contribution in [2.45, 2.75) is 38.6 Å². The second kappa shape index (κ2) is 10.1. The van der Waals surface area contributed by atoms with Crippen molar-refractivity contribution in [2.75, 3.05) is 17.2 Å². The van der Waals surface area contributed by atoms with E-state index in [0.717, 1.165) is 0 Å². The van der Waals surface area contributed by atoms with Crippen molar-refractivity contribution in [1.82, 2.24) is 4.90 Å². The van der Waals surface area contributed by atoms with E-state index >= 15 is 4.39 Å². The molecule has 7 nitrogen and oxygen atoms in total. The van der Waals surface area contributed by atoms with Crippen molar-refractivity contribution in [1.29, 1.82) is 0 Å². The number of nitrogens with one attached hydrogen (secondary N) is 2. The maximum absolute atomic E-state index is 15.8. The van der Waals surface area contributed by atoms with Gasteiger partial charge in [0, 0.05) is 28.5 Å². The van der Waals surface area contributed by atoms with E-state index in [9.17, 15) is 19.5 Å². The van der Waals surface area contributed by atoms with Gasteiger partial charge in [0.25, 0.3) is 0 Å². The largest absolute Gasteiger partial charge is 0.478 e. The lowest BCUT2D eigenvalue weighted by Crippen LogP contribution is -2.47. The molecule has 2 aliphatic rings. The Kier molecular flexibility index (Phi) is 7.04. The summed E-state index contributed by atoms with van der Waals surface area (Å²) in [6.45, 7) is 6.32. The third-order valence-corrected chi connectivity index (χ3v) is 8.16. The topological polar surface area (TPSA) is 98.7 Å². The predicted octanol–water partition coefficient (Wildman–Crippen LogP) is 7.36. The predicted molar refractivity (Wildman–Crippen MR) is 153 cm³/mol. The van der Waals surface area contributed by atoms with Crippen LogP contribution in [0.1, 0.15) is 54.7 Å². The van der Waals surface area contributed by atoms with Crippen LogP contribution in [0.15, 0.2) is 60.7 Å². The molecule has 3 aromatic carbocycles. The molecule has 3 N–H and O–H groups in total. The fourth-order valence-electron chi connectivity index (χ4n) is 6.16. The molecule has 0 aromatic heterocycles. The molecule has 0 radical (unpaired) electrons. The van der Waals surface area contributed by atoms with Crippen LogP contribution in [0.3, 0.4) is 0 Å². The van der Waals surface area contributed by atoms with Crippen LogP contribution in [0.5, 0.6) is 0 Å². The van der Waals surface area contributed by atoms with Gasteiger partial charge in [-0.15, -0.1) is 0 Å². The number of hydrogen-bond acceptors (Lipinski definition) is 3. The Labute approximate surface area is 241 Å². The van der Waals surface area contributed by atoms with Crippen LogP contribution in [0, 0.1) is 17.2 Å². The minimum atomic E-state index is -1.33. The first-order valence-corrected chi connectivity index (χ1v) is 13.5. The number of benzene rings is 3. The molecule has 1 spiro atoms. The van der Waals surface area contributed by atoms with E-state index < -0.39 is 35.2 Å². The number of likely N-dealkylation sites (tertiary alicyclic amines) is 1. The molecule has 3 aromatic rings. The van der Waals surface area contributed by atoms with E-state index in [2.05, 4.69) is 31.4 Å². The summed E-state index contributed by atoms with van der Waals surface area (Å²) in [5, 5.41) is 15.3. The molecule has 2 aliphatic heterocycles. The lowest BCUT2D eigenvalue weighted by molar-refractivity contribution is -0.123. The van der Waals surface area contributed by atoms with Gasteiger partial charge in [-0.05, 0) is 65.8 Å². The molecule has 3 amide bonds.